The first-order valence-electron chi connectivity index (χ1n) is 3.83. The summed E-state index contributed by atoms with van der Waals surface area (Å²) < 4.78 is 0.275. The second kappa shape index (κ2) is 5.75. The van der Waals surface area contributed by atoms with E-state index in [4.69, 9.17) is 0 Å². The average molecular weight is 207 g/mol. The summed E-state index contributed by atoms with van der Waals surface area (Å²) in [6.45, 7) is 6.54. The third kappa shape index (κ3) is 6.85. The molecule has 0 radical (unpaired) electrons. The summed E-state index contributed by atoms with van der Waals surface area (Å²) in [4.78, 5) is 4.69. The highest BCUT2D eigenvalue weighted by Gasteiger charge is 2.11. The van der Waals surface area contributed by atoms with E-state index < -0.39 is 0 Å². The van der Waals surface area contributed by atoms with Gasteiger partial charge in [-0.1, -0.05) is 25.9 Å². The quantitative estimate of drug-likeness (QED) is 0.434. The Morgan fingerprint density at radius 1 is 1.50 bits per heavy atom. The molecule has 0 rings (SSSR count). The second-order valence-corrected chi connectivity index (χ2v) is 5.52. The van der Waals surface area contributed by atoms with E-state index in [1.165, 1.54) is 0 Å². The van der Waals surface area contributed by atoms with Gasteiger partial charge in [-0.15, -0.1) is 11.8 Å². The molecular formula is C8H17NOS2. The standard InChI is InChI=1S/C8H17NOS2/c1-8(2,3)12-6-7(5-11)9-10-4/h11H,5-6H2,1-4H3/b9-7-. The van der Waals surface area contributed by atoms with Gasteiger partial charge in [0.15, 0.2) is 0 Å². The third-order valence-electron chi connectivity index (χ3n) is 1.07. The van der Waals surface area contributed by atoms with Gasteiger partial charge in [0.05, 0.1) is 5.71 Å². The van der Waals surface area contributed by atoms with Gasteiger partial charge >= 0.3 is 0 Å². The lowest BCUT2D eigenvalue weighted by Gasteiger charge is -2.17. The highest BCUT2D eigenvalue weighted by Crippen LogP contribution is 2.23. The third-order valence-corrected chi connectivity index (χ3v) is 2.78. The van der Waals surface area contributed by atoms with Crippen molar-refractivity contribution in [1.29, 1.82) is 0 Å². The fourth-order valence-electron chi connectivity index (χ4n) is 0.530. The predicted octanol–water partition coefficient (Wildman–Crippen LogP) is 2.45. The van der Waals surface area contributed by atoms with Crippen molar-refractivity contribution >= 4 is 30.1 Å². The van der Waals surface area contributed by atoms with Gasteiger partial charge in [0.2, 0.25) is 0 Å². The lowest BCUT2D eigenvalue weighted by Crippen LogP contribution is -2.14. The van der Waals surface area contributed by atoms with Crippen molar-refractivity contribution in [2.75, 3.05) is 18.6 Å². The Hall–Kier alpha value is 0.170. The highest BCUT2D eigenvalue weighted by molar-refractivity contribution is 8.01. The fraction of sp³-hybridized carbons (Fsp3) is 0.875. The molecule has 0 spiro atoms. The maximum absolute atomic E-state index is 4.69. The van der Waals surface area contributed by atoms with Crippen LogP contribution in [0.2, 0.25) is 0 Å². The summed E-state index contributed by atoms with van der Waals surface area (Å²) >= 11 is 6.00. The monoisotopic (exact) mass is 207 g/mol. The van der Waals surface area contributed by atoms with Gasteiger partial charge in [-0.05, 0) is 0 Å². The van der Waals surface area contributed by atoms with Gasteiger partial charge in [0.1, 0.15) is 7.11 Å². The zero-order chi connectivity index (χ0) is 9.61. The van der Waals surface area contributed by atoms with Crippen LogP contribution < -0.4 is 0 Å². The smallest absolute Gasteiger partial charge is 0.106 e. The zero-order valence-electron chi connectivity index (χ0n) is 8.13. The molecule has 0 unspecified atom stereocenters. The van der Waals surface area contributed by atoms with Gasteiger partial charge in [-0.2, -0.15) is 12.6 Å². The molecule has 2 nitrogen and oxygen atoms in total. The van der Waals surface area contributed by atoms with Crippen LogP contribution >= 0.6 is 24.4 Å². The Kier molecular flexibility index (Phi) is 5.84. The van der Waals surface area contributed by atoms with Crippen LogP contribution in [0.4, 0.5) is 0 Å². The lowest BCUT2D eigenvalue weighted by molar-refractivity contribution is 0.213. The first kappa shape index (κ1) is 12.2. The minimum absolute atomic E-state index is 0.275. The number of rotatable bonds is 4. The van der Waals surface area contributed by atoms with E-state index in [0.717, 1.165) is 11.5 Å². The molecule has 0 heterocycles. The van der Waals surface area contributed by atoms with Crippen molar-refractivity contribution in [2.45, 2.75) is 25.5 Å². The summed E-state index contributed by atoms with van der Waals surface area (Å²) in [5.41, 5.74) is 0.987. The molecule has 0 aromatic rings. The van der Waals surface area contributed by atoms with Crippen molar-refractivity contribution < 1.29 is 4.84 Å². The molecule has 0 aromatic carbocycles. The first-order valence-corrected chi connectivity index (χ1v) is 5.45. The molecule has 0 saturated heterocycles. The Morgan fingerprint density at radius 2 is 2.08 bits per heavy atom. The van der Waals surface area contributed by atoms with Gasteiger partial charge in [-0.25, -0.2) is 0 Å². The van der Waals surface area contributed by atoms with Crippen molar-refractivity contribution in [1.82, 2.24) is 0 Å². The molecule has 0 amide bonds. The summed E-state index contributed by atoms with van der Waals surface area (Å²) in [6, 6.07) is 0. The molecule has 0 aliphatic heterocycles. The van der Waals surface area contributed by atoms with Crippen LogP contribution in [0.15, 0.2) is 5.16 Å². The van der Waals surface area contributed by atoms with Gasteiger partial charge in [0.25, 0.3) is 0 Å². The Morgan fingerprint density at radius 3 is 2.42 bits per heavy atom. The lowest BCUT2D eigenvalue weighted by atomic mass is 10.3. The van der Waals surface area contributed by atoms with Crippen LogP contribution in [0.5, 0.6) is 0 Å². The number of hydrogen-bond donors (Lipinski definition) is 1. The van der Waals surface area contributed by atoms with E-state index in [1.54, 1.807) is 7.11 Å². The molecular weight excluding hydrogens is 190 g/mol. The maximum Gasteiger partial charge on any atom is 0.106 e. The number of thiol groups is 1. The molecule has 0 aromatic heterocycles. The molecule has 0 fully saturated rings. The van der Waals surface area contributed by atoms with E-state index in [1.807, 2.05) is 11.8 Å². The van der Waals surface area contributed by atoms with Crippen LogP contribution in [0.3, 0.4) is 0 Å². The molecule has 0 bridgehead atoms. The molecule has 0 saturated carbocycles. The number of oxime groups is 1. The molecule has 0 atom stereocenters. The molecule has 12 heavy (non-hydrogen) atoms. The van der Waals surface area contributed by atoms with Crippen LogP contribution in [0, 0.1) is 0 Å². The van der Waals surface area contributed by atoms with Crippen LogP contribution in [-0.2, 0) is 4.84 Å². The van der Waals surface area contributed by atoms with Crippen molar-refractivity contribution in [2.24, 2.45) is 5.16 Å². The number of hydrogen-bond acceptors (Lipinski definition) is 4. The van der Waals surface area contributed by atoms with E-state index in [-0.39, 0.29) is 4.75 Å². The highest BCUT2D eigenvalue weighted by atomic mass is 32.2. The number of nitrogens with zero attached hydrogens (tertiary/aromatic N) is 1. The van der Waals surface area contributed by atoms with E-state index in [0.29, 0.717) is 5.75 Å². The van der Waals surface area contributed by atoms with Crippen LogP contribution in [-0.4, -0.2) is 29.1 Å². The minimum Gasteiger partial charge on any atom is -0.399 e. The van der Waals surface area contributed by atoms with Gasteiger partial charge < -0.3 is 4.84 Å². The second-order valence-electron chi connectivity index (χ2n) is 3.40. The molecule has 0 aliphatic rings. The summed E-state index contributed by atoms with van der Waals surface area (Å²) in [6.07, 6.45) is 0. The van der Waals surface area contributed by atoms with Crippen molar-refractivity contribution in [3.63, 3.8) is 0 Å². The normalized spacial score (nSPS) is 13.2. The topological polar surface area (TPSA) is 21.6 Å². The maximum atomic E-state index is 4.69. The average Bonchev–Trinajstić information content (AvgIpc) is 1.96. The van der Waals surface area contributed by atoms with Gasteiger partial charge in [-0.3, -0.25) is 0 Å². The first-order chi connectivity index (χ1) is 5.49. The number of thioether (sulfide) groups is 1. The van der Waals surface area contributed by atoms with Crippen LogP contribution in [0.25, 0.3) is 0 Å². The minimum atomic E-state index is 0.275. The van der Waals surface area contributed by atoms with Crippen LogP contribution in [0.1, 0.15) is 20.8 Å². The van der Waals surface area contributed by atoms with E-state index >= 15 is 0 Å². The molecule has 72 valence electrons. The zero-order valence-corrected chi connectivity index (χ0v) is 9.84. The Labute approximate surface area is 84.5 Å². The fourth-order valence-corrected chi connectivity index (χ4v) is 1.60. The Balaban J connectivity index is 3.81. The summed E-state index contributed by atoms with van der Waals surface area (Å²) in [5, 5.41) is 3.87. The SMILES string of the molecule is CO/N=C(/CS)CSC(C)(C)C. The van der Waals surface area contributed by atoms with Crippen molar-refractivity contribution in [3.8, 4) is 0 Å². The van der Waals surface area contributed by atoms with Crippen molar-refractivity contribution in [3.05, 3.63) is 0 Å². The molecule has 0 aliphatic carbocycles. The molecule has 0 N–H and O–H groups in total. The van der Waals surface area contributed by atoms with E-state index in [9.17, 15) is 0 Å². The largest absolute Gasteiger partial charge is 0.399 e. The summed E-state index contributed by atoms with van der Waals surface area (Å²) in [5.74, 6) is 1.55. The Bertz CT molecular complexity index is 152. The molecule has 4 heteroatoms. The summed E-state index contributed by atoms with van der Waals surface area (Å²) in [7, 11) is 1.56. The predicted molar refractivity (Wildman–Crippen MR) is 60.5 cm³/mol. The van der Waals surface area contributed by atoms with E-state index in [2.05, 4.69) is 43.4 Å². The van der Waals surface area contributed by atoms with Gasteiger partial charge in [0, 0.05) is 16.3 Å².